The van der Waals surface area contributed by atoms with Gasteiger partial charge in [-0.15, -0.1) is 0 Å². The highest BCUT2D eigenvalue weighted by Crippen LogP contribution is 2.49. The summed E-state index contributed by atoms with van der Waals surface area (Å²) in [7, 11) is 0. The second-order valence-electron chi connectivity index (χ2n) is 9.16. The molecular formula is C23H38O. The standard InChI is InChI=1S/C23H38O/c1-5-22(2,3)15-8-6-11-19-12-10-14-21(24)20(19)13-7-9-16-23(4)17-18-23/h10,12,14,24H,5-9,11,13,15-18H2,1-4H3. The van der Waals surface area contributed by atoms with E-state index in [-0.39, 0.29) is 0 Å². The van der Waals surface area contributed by atoms with Crippen molar-refractivity contribution in [2.24, 2.45) is 10.8 Å². The van der Waals surface area contributed by atoms with E-state index in [1.54, 1.807) is 0 Å². The van der Waals surface area contributed by atoms with Crippen LogP contribution in [0.4, 0.5) is 0 Å². The van der Waals surface area contributed by atoms with Crippen LogP contribution in [-0.4, -0.2) is 5.11 Å². The number of hydrogen-bond acceptors (Lipinski definition) is 1. The van der Waals surface area contributed by atoms with Gasteiger partial charge in [-0.2, -0.15) is 0 Å². The van der Waals surface area contributed by atoms with Crippen molar-refractivity contribution in [3.8, 4) is 5.75 Å². The van der Waals surface area contributed by atoms with Gasteiger partial charge in [0.2, 0.25) is 0 Å². The molecule has 1 aliphatic rings. The van der Waals surface area contributed by atoms with Crippen LogP contribution in [0.2, 0.25) is 0 Å². The molecule has 0 bridgehead atoms. The normalized spacial score (nSPS) is 16.3. The maximum absolute atomic E-state index is 10.3. The Bertz CT molecular complexity index is 511. The average Bonchev–Trinajstić information content (AvgIpc) is 3.28. The molecule has 0 heterocycles. The quantitative estimate of drug-likeness (QED) is 0.431. The van der Waals surface area contributed by atoms with Crippen LogP contribution in [0.15, 0.2) is 18.2 Å². The Balaban J connectivity index is 1.79. The number of aryl methyl sites for hydroxylation is 1. The number of aromatic hydroxyl groups is 1. The minimum atomic E-state index is 0.473. The van der Waals surface area contributed by atoms with E-state index in [0.717, 1.165) is 12.8 Å². The Kier molecular flexibility index (Phi) is 6.78. The van der Waals surface area contributed by atoms with E-state index in [1.165, 1.54) is 68.9 Å². The van der Waals surface area contributed by atoms with Crippen molar-refractivity contribution in [1.82, 2.24) is 0 Å². The van der Waals surface area contributed by atoms with Gasteiger partial charge in [0.05, 0.1) is 0 Å². The highest BCUT2D eigenvalue weighted by molar-refractivity contribution is 5.39. The van der Waals surface area contributed by atoms with Crippen LogP contribution in [0.5, 0.6) is 5.75 Å². The van der Waals surface area contributed by atoms with Gasteiger partial charge in [0.15, 0.2) is 0 Å². The fourth-order valence-electron chi connectivity index (χ4n) is 3.56. The third-order valence-electron chi connectivity index (χ3n) is 6.32. The number of unbranched alkanes of at least 4 members (excludes halogenated alkanes) is 2. The SMILES string of the molecule is CCC(C)(C)CCCCc1cccc(O)c1CCCCC1(C)CC1. The minimum Gasteiger partial charge on any atom is -0.508 e. The smallest absolute Gasteiger partial charge is 0.119 e. The lowest BCUT2D eigenvalue weighted by atomic mass is 9.84. The molecule has 0 aliphatic heterocycles. The topological polar surface area (TPSA) is 20.2 Å². The van der Waals surface area contributed by atoms with Crippen molar-refractivity contribution in [2.45, 2.75) is 98.3 Å². The Morgan fingerprint density at radius 2 is 1.75 bits per heavy atom. The van der Waals surface area contributed by atoms with E-state index in [1.807, 2.05) is 12.1 Å². The zero-order valence-electron chi connectivity index (χ0n) is 16.5. The molecule has 0 amide bonds. The van der Waals surface area contributed by atoms with Crippen LogP contribution in [0, 0.1) is 10.8 Å². The lowest BCUT2D eigenvalue weighted by Gasteiger charge is -2.22. The van der Waals surface area contributed by atoms with Crippen molar-refractivity contribution >= 4 is 0 Å². The van der Waals surface area contributed by atoms with Crippen molar-refractivity contribution in [3.63, 3.8) is 0 Å². The van der Waals surface area contributed by atoms with Gasteiger partial charge in [-0.3, -0.25) is 0 Å². The van der Waals surface area contributed by atoms with Gasteiger partial charge in [0.25, 0.3) is 0 Å². The van der Waals surface area contributed by atoms with E-state index >= 15 is 0 Å². The van der Waals surface area contributed by atoms with Gasteiger partial charge in [0.1, 0.15) is 5.75 Å². The van der Waals surface area contributed by atoms with Gasteiger partial charge in [-0.1, -0.05) is 59.1 Å². The molecule has 1 aromatic rings. The molecule has 0 atom stereocenters. The maximum atomic E-state index is 10.3. The van der Waals surface area contributed by atoms with E-state index in [2.05, 4.69) is 33.8 Å². The van der Waals surface area contributed by atoms with Crippen LogP contribution in [0.3, 0.4) is 0 Å². The largest absolute Gasteiger partial charge is 0.508 e. The summed E-state index contributed by atoms with van der Waals surface area (Å²) in [6, 6.07) is 6.10. The van der Waals surface area contributed by atoms with E-state index in [9.17, 15) is 5.11 Å². The summed E-state index contributed by atoms with van der Waals surface area (Å²) >= 11 is 0. The second-order valence-corrected chi connectivity index (χ2v) is 9.16. The van der Waals surface area contributed by atoms with Crippen LogP contribution in [0.1, 0.15) is 96.6 Å². The molecule has 0 unspecified atom stereocenters. The van der Waals surface area contributed by atoms with Gasteiger partial charge >= 0.3 is 0 Å². The zero-order valence-corrected chi connectivity index (χ0v) is 16.5. The molecule has 2 rings (SSSR count). The summed E-state index contributed by atoms with van der Waals surface area (Å²) in [5.74, 6) is 0.513. The molecule has 0 aromatic heterocycles. The summed E-state index contributed by atoms with van der Waals surface area (Å²) in [6.07, 6.45) is 13.9. The number of phenolic OH excluding ortho intramolecular Hbond substituents is 1. The van der Waals surface area contributed by atoms with Gasteiger partial charge in [-0.25, -0.2) is 0 Å². The van der Waals surface area contributed by atoms with Gasteiger partial charge < -0.3 is 5.11 Å². The van der Waals surface area contributed by atoms with Crippen LogP contribution < -0.4 is 0 Å². The third kappa shape index (κ3) is 6.15. The first-order valence-corrected chi connectivity index (χ1v) is 10.1. The summed E-state index contributed by atoms with van der Waals surface area (Å²) < 4.78 is 0. The number of rotatable bonds is 11. The first kappa shape index (κ1) is 19.3. The number of benzene rings is 1. The third-order valence-corrected chi connectivity index (χ3v) is 6.32. The van der Waals surface area contributed by atoms with Crippen LogP contribution >= 0.6 is 0 Å². The summed E-state index contributed by atoms with van der Waals surface area (Å²) in [5, 5.41) is 10.3. The maximum Gasteiger partial charge on any atom is 0.119 e. The average molecular weight is 331 g/mol. The van der Waals surface area contributed by atoms with Crippen LogP contribution in [0.25, 0.3) is 0 Å². The summed E-state index contributed by atoms with van der Waals surface area (Å²) in [5.41, 5.74) is 3.73. The molecule has 1 heteroatoms. The van der Waals surface area contributed by atoms with Crippen molar-refractivity contribution in [2.75, 3.05) is 0 Å². The Morgan fingerprint density at radius 1 is 1.04 bits per heavy atom. The van der Waals surface area contributed by atoms with E-state index in [0.29, 0.717) is 16.6 Å². The highest BCUT2D eigenvalue weighted by Gasteiger charge is 2.35. The molecule has 1 aliphatic carbocycles. The zero-order chi connectivity index (χ0) is 17.6. The molecule has 0 radical (unpaired) electrons. The molecule has 1 nitrogen and oxygen atoms in total. The summed E-state index contributed by atoms with van der Waals surface area (Å²) in [4.78, 5) is 0. The second kappa shape index (κ2) is 8.41. The molecule has 1 aromatic carbocycles. The predicted octanol–water partition coefficient (Wildman–Crippen LogP) is 7.05. The molecule has 0 saturated heterocycles. The Labute approximate surface area is 149 Å². The van der Waals surface area contributed by atoms with E-state index < -0.39 is 0 Å². The van der Waals surface area contributed by atoms with Crippen molar-refractivity contribution in [1.29, 1.82) is 0 Å². The van der Waals surface area contributed by atoms with Crippen LogP contribution in [-0.2, 0) is 12.8 Å². The lowest BCUT2D eigenvalue weighted by Crippen LogP contribution is -2.09. The van der Waals surface area contributed by atoms with E-state index in [4.69, 9.17) is 0 Å². The predicted molar refractivity (Wildman–Crippen MR) is 105 cm³/mol. The van der Waals surface area contributed by atoms with Crippen molar-refractivity contribution in [3.05, 3.63) is 29.3 Å². The van der Waals surface area contributed by atoms with Gasteiger partial charge in [0, 0.05) is 0 Å². The molecule has 136 valence electrons. The lowest BCUT2D eigenvalue weighted by molar-refractivity contribution is 0.309. The fourth-order valence-corrected chi connectivity index (χ4v) is 3.56. The first-order valence-electron chi connectivity index (χ1n) is 10.1. The number of hydrogen-bond donors (Lipinski definition) is 1. The van der Waals surface area contributed by atoms with Gasteiger partial charge in [-0.05, 0) is 79.4 Å². The Morgan fingerprint density at radius 3 is 2.42 bits per heavy atom. The molecule has 0 spiro atoms. The molecule has 1 fully saturated rings. The monoisotopic (exact) mass is 330 g/mol. The van der Waals surface area contributed by atoms with Crippen molar-refractivity contribution < 1.29 is 5.11 Å². The molecule has 24 heavy (non-hydrogen) atoms. The number of phenols is 1. The summed E-state index contributed by atoms with van der Waals surface area (Å²) in [6.45, 7) is 9.44. The molecular weight excluding hydrogens is 292 g/mol. The first-order chi connectivity index (χ1) is 11.4. The Hall–Kier alpha value is -0.980. The highest BCUT2D eigenvalue weighted by atomic mass is 16.3. The fraction of sp³-hybridized carbons (Fsp3) is 0.739. The molecule has 1 saturated carbocycles. The minimum absolute atomic E-state index is 0.473. The molecule has 1 N–H and O–H groups in total.